The van der Waals surface area contributed by atoms with Crippen molar-refractivity contribution in [2.75, 3.05) is 6.61 Å². The van der Waals surface area contributed by atoms with Gasteiger partial charge in [-0.25, -0.2) is 13.5 Å². The summed E-state index contributed by atoms with van der Waals surface area (Å²) in [7, 11) is 0. The van der Waals surface area contributed by atoms with Crippen molar-refractivity contribution in [2.24, 2.45) is 0 Å². The third-order valence-electron chi connectivity index (χ3n) is 3.52. The molecule has 1 aliphatic heterocycles. The van der Waals surface area contributed by atoms with Crippen molar-refractivity contribution in [3.63, 3.8) is 0 Å². The highest BCUT2D eigenvalue weighted by molar-refractivity contribution is 9.10. The van der Waals surface area contributed by atoms with Crippen LogP contribution in [-0.2, 0) is 11.2 Å². The standard InChI is InChI=1S/C15H15BrF2N2O/c16-14-9-13(7-10-5-11(17)8-12(18)6-10)20(19-14)15-3-1-2-4-21-15/h5-6,8-9,15H,1-4,7H2. The van der Waals surface area contributed by atoms with Gasteiger partial charge in [-0.1, -0.05) is 0 Å². The smallest absolute Gasteiger partial charge is 0.150 e. The molecule has 2 aromatic rings. The average Bonchev–Trinajstić information content (AvgIpc) is 2.79. The molecular formula is C15H15BrF2N2O. The molecule has 1 unspecified atom stereocenters. The monoisotopic (exact) mass is 356 g/mol. The lowest BCUT2D eigenvalue weighted by molar-refractivity contribution is -0.0410. The summed E-state index contributed by atoms with van der Waals surface area (Å²) in [6.45, 7) is 0.718. The average molecular weight is 357 g/mol. The van der Waals surface area contributed by atoms with Crippen LogP contribution in [0.1, 0.15) is 36.7 Å². The van der Waals surface area contributed by atoms with Crippen LogP contribution in [0.2, 0.25) is 0 Å². The molecule has 1 aromatic carbocycles. The fourth-order valence-electron chi connectivity index (χ4n) is 2.62. The molecule has 112 valence electrons. The SMILES string of the molecule is Fc1cc(F)cc(Cc2cc(Br)nn2C2CCCCO2)c1. The highest BCUT2D eigenvalue weighted by atomic mass is 79.9. The van der Waals surface area contributed by atoms with Gasteiger partial charge in [-0.15, -0.1) is 0 Å². The van der Waals surface area contributed by atoms with Crippen molar-refractivity contribution >= 4 is 15.9 Å². The van der Waals surface area contributed by atoms with Crippen molar-refractivity contribution in [3.05, 3.63) is 51.8 Å². The van der Waals surface area contributed by atoms with Gasteiger partial charge in [0, 0.05) is 24.8 Å². The molecule has 0 spiro atoms. The van der Waals surface area contributed by atoms with Crippen molar-refractivity contribution in [2.45, 2.75) is 31.9 Å². The summed E-state index contributed by atoms with van der Waals surface area (Å²) in [5.74, 6) is -1.13. The Kier molecular flexibility index (Phi) is 4.35. The van der Waals surface area contributed by atoms with Crippen LogP contribution in [0.4, 0.5) is 8.78 Å². The Labute approximate surface area is 130 Å². The van der Waals surface area contributed by atoms with Gasteiger partial charge in [-0.05, 0) is 59.0 Å². The van der Waals surface area contributed by atoms with Crippen LogP contribution in [-0.4, -0.2) is 16.4 Å². The highest BCUT2D eigenvalue weighted by Gasteiger charge is 2.20. The maximum Gasteiger partial charge on any atom is 0.150 e. The lowest BCUT2D eigenvalue weighted by Crippen LogP contribution is -2.21. The molecule has 3 nitrogen and oxygen atoms in total. The molecule has 0 N–H and O–H groups in total. The number of rotatable bonds is 3. The first-order valence-corrected chi connectivity index (χ1v) is 7.71. The molecule has 1 fully saturated rings. The van der Waals surface area contributed by atoms with E-state index in [0.717, 1.165) is 37.6 Å². The van der Waals surface area contributed by atoms with Gasteiger partial charge >= 0.3 is 0 Å². The predicted octanol–water partition coefficient (Wildman–Crippen LogP) is 4.21. The van der Waals surface area contributed by atoms with Crippen molar-refractivity contribution in [3.8, 4) is 0 Å². The van der Waals surface area contributed by atoms with Crippen LogP contribution in [0, 0.1) is 11.6 Å². The Morgan fingerprint density at radius 3 is 2.62 bits per heavy atom. The summed E-state index contributed by atoms with van der Waals surface area (Å²) in [5.41, 5.74) is 1.45. The first-order valence-electron chi connectivity index (χ1n) is 6.92. The lowest BCUT2D eigenvalue weighted by atomic mass is 10.1. The zero-order valence-corrected chi connectivity index (χ0v) is 12.9. The molecule has 3 rings (SSSR count). The third-order valence-corrected chi connectivity index (χ3v) is 3.91. The number of ether oxygens (including phenoxy) is 1. The van der Waals surface area contributed by atoms with Gasteiger partial charge < -0.3 is 4.74 Å². The van der Waals surface area contributed by atoms with E-state index in [1.165, 1.54) is 12.1 Å². The number of nitrogens with zero attached hydrogens (tertiary/aromatic N) is 2. The van der Waals surface area contributed by atoms with Gasteiger partial charge in [0.15, 0.2) is 6.23 Å². The topological polar surface area (TPSA) is 27.1 Å². The fraction of sp³-hybridized carbons (Fsp3) is 0.400. The molecule has 21 heavy (non-hydrogen) atoms. The summed E-state index contributed by atoms with van der Waals surface area (Å²) in [4.78, 5) is 0. The summed E-state index contributed by atoms with van der Waals surface area (Å²) < 4.78 is 34.8. The second-order valence-electron chi connectivity index (χ2n) is 5.18. The molecule has 6 heteroatoms. The summed E-state index contributed by atoms with van der Waals surface area (Å²) in [5, 5.41) is 4.40. The molecule has 0 radical (unpaired) electrons. The maximum atomic E-state index is 13.3. The minimum Gasteiger partial charge on any atom is -0.357 e. The molecule has 1 saturated heterocycles. The van der Waals surface area contributed by atoms with Gasteiger partial charge in [-0.2, -0.15) is 5.10 Å². The van der Waals surface area contributed by atoms with Crippen LogP contribution >= 0.6 is 15.9 Å². The van der Waals surface area contributed by atoms with E-state index < -0.39 is 11.6 Å². The van der Waals surface area contributed by atoms with E-state index in [-0.39, 0.29) is 6.23 Å². The van der Waals surface area contributed by atoms with Gasteiger partial charge in [0.1, 0.15) is 16.2 Å². The molecule has 0 aliphatic carbocycles. The first-order chi connectivity index (χ1) is 10.1. The minimum absolute atomic E-state index is 0.0987. The van der Waals surface area contributed by atoms with Gasteiger partial charge in [-0.3, -0.25) is 0 Å². The van der Waals surface area contributed by atoms with Crippen LogP contribution in [0.3, 0.4) is 0 Å². The number of hydrogen-bond donors (Lipinski definition) is 0. The zero-order valence-electron chi connectivity index (χ0n) is 11.4. The Balaban J connectivity index is 1.87. The van der Waals surface area contributed by atoms with E-state index in [1.807, 2.05) is 10.7 Å². The Bertz CT molecular complexity index is 618. The summed E-state index contributed by atoms with van der Waals surface area (Å²) in [6.07, 6.45) is 3.36. The number of hydrogen-bond acceptors (Lipinski definition) is 2. The molecule has 0 amide bonds. The van der Waals surface area contributed by atoms with E-state index in [4.69, 9.17) is 4.74 Å². The van der Waals surface area contributed by atoms with Crippen LogP contribution < -0.4 is 0 Å². The van der Waals surface area contributed by atoms with Crippen molar-refractivity contribution < 1.29 is 13.5 Å². The second-order valence-corrected chi connectivity index (χ2v) is 5.99. The Morgan fingerprint density at radius 1 is 1.19 bits per heavy atom. The Morgan fingerprint density at radius 2 is 1.95 bits per heavy atom. The molecule has 1 aromatic heterocycles. The van der Waals surface area contributed by atoms with Gasteiger partial charge in [0.25, 0.3) is 0 Å². The van der Waals surface area contributed by atoms with Crippen molar-refractivity contribution in [1.29, 1.82) is 0 Å². The summed E-state index contributed by atoms with van der Waals surface area (Å²) in [6, 6.07) is 5.42. The Hall–Kier alpha value is -1.27. The minimum atomic E-state index is -0.566. The molecule has 0 saturated carbocycles. The van der Waals surface area contributed by atoms with Crippen LogP contribution in [0.25, 0.3) is 0 Å². The molecule has 0 bridgehead atoms. The second kappa shape index (κ2) is 6.23. The van der Waals surface area contributed by atoms with Gasteiger partial charge in [0.05, 0.1) is 0 Å². The van der Waals surface area contributed by atoms with Crippen molar-refractivity contribution in [1.82, 2.24) is 9.78 Å². The number of benzene rings is 1. The zero-order chi connectivity index (χ0) is 14.8. The van der Waals surface area contributed by atoms with E-state index >= 15 is 0 Å². The maximum absolute atomic E-state index is 13.3. The molecule has 2 heterocycles. The quantitative estimate of drug-likeness (QED) is 0.823. The number of halogens is 3. The predicted molar refractivity (Wildman–Crippen MR) is 77.9 cm³/mol. The molecular weight excluding hydrogens is 342 g/mol. The van der Waals surface area contributed by atoms with E-state index in [1.54, 1.807) is 0 Å². The normalized spacial score (nSPS) is 18.9. The first kappa shape index (κ1) is 14.7. The number of aromatic nitrogens is 2. The lowest BCUT2D eigenvalue weighted by Gasteiger charge is -2.24. The van der Waals surface area contributed by atoms with Crippen LogP contribution in [0.5, 0.6) is 0 Å². The largest absolute Gasteiger partial charge is 0.357 e. The van der Waals surface area contributed by atoms with Crippen LogP contribution in [0.15, 0.2) is 28.9 Å². The van der Waals surface area contributed by atoms with E-state index in [2.05, 4.69) is 21.0 Å². The molecule has 1 aliphatic rings. The fourth-order valence-corrected chi connectivity index (χ4v) is 3.05. The van der Waals surface area contributed by atoms with Gasteiger partial charge in [0.2, 0.25) is 0 Å². The third kappa shape index (κ3) is 3.49. The molecule has 1 atom stereocenters. The summed E-state index contributed by atoms with van der Waals surface area (Å²) >= 11 is 3.36. The highest BCUT2D eigenvalue weighted by Crippen LogP contribution is 2.26. The van der Waals surface area contributed by atoms with E-state index in [0.29, 0.717) is 16.6 Å². The van der Waals surface area contributed by atoms with E-state index in [9.17, 15) is 8.78 Å².